The van der Waals surface area contributed by atoms with E-state index in [1.54, 1.807) is 18.2 Å². The Morgan fingerprint density at radius 2 is 1.74 bits per heavy atom. The number of amides is 1. The zero-order chi connectivity index (χ0) is 26.6. The van der Waals surface area contributed by atoms with Gasteiger partial charge in [0.1, 0.15) is 19.0 Å². The van der Waals surface area contributed by atoms with Crippen molar-refractivity contribution >= 4 is 44.1 Å². The zero-order valence-electron chi connectivity index (χ0n) is 21.2. The number of aliphatic hydroxyl groups is 1. The molecule has 192 valence electrons. The van der Waals surface area contributed by atoms with Gasteiger partial charge in [0.05, 0.1) is 21.8 Å². The number of carbonyl (C=O) groups is 2. The number of hydrogen-bond acceptors (Lipinski definition) is 7. The summed E-state index contributed by atoms with van der Waals surface area (Å²) in [5.74, 6) is -0.380. The lowest BCUT2D eigenvalue weighted by Gasteiger charge is -2.23. The van der Waals surface area contributed by atoms with Crippen LogP contribution in [0, 0.1) is 6.92 Å². The van der Waals surface area contributed by atoms with Crippen LogP contribution in [0.5, 0.6) is 11.5 Å². The number of aromatic nitrogens is 1. The van der Waals surface area contributed by atoms with Crippen LogP contribution in [-0.4, -0.2) is 35.0 Å². The first-order chi connectivity index (χ1) is 18.3. The highest BCUT2D eigenvalue weighted by molar-refractivity contribution is 7.22. The minimum Gasteiger partial charge on any atom is -0.507 e. The van der Waals surface area contributed by atoms with Crippen molar-refractivity contribution in [1.29, 1.82) is 0 Å². The van der Waals surface area contributed by atoms with Crippen LogP contribution in [0.1, 0.15) is 48.1 Å². The summed E-state index contributed by atoms with van der Waals surface area (Å²) < 4.78 is 12.2. The quantitative estimate of drug-likeness (QED) is 0.196. The molecule has 1 amide bonds. The van der Waals surface area contributed by atoms with E-state index in [4.69, 9.17) is 14.5 Å². The van der Waals surface area contributed by atoms with Gasteiger partial charge < -0.3 is 14.6 Å². The van der Waals surface area contributed by atoms with E-state index in [-0.39, 0.29) is 11.3 Å². The molecule has 2 aliphatic heterocycles. The van der Waals surface area contributed by atoms with Crippen LogP contribution in [-0.2, 0) is 9.59 Å². The topological polar surface area (TPSA) is 89.0 Å². The Morgan fingerprint density at radius 3 is 2.47 bits per heavy atom. The fourth-order valence-electron chi connectivity index (χ4n) is 4.88. The molecule has 1 fully saturated rings. The van der Waals surface area contributed by atoms with Gasteiger partial charge in [0.15, 0.2) is 16.6 Å². The first-order valence-electron chi connectivity index (χ1n) is 12.5. The highest BCUT2D eigenvalue weighted by Crippen LogP contribution is 2.45. The van der Waals surface area contributed by atoms with Crippen molar-refractivity contribution < 1.29 is 24.2 Å². The molecule has 7 nitrogen and oxygen atoms in total. The number of carbonyl (C=O) groups excluding carboxylic acids is 2. The van der Waals surface area contributed by atoms with Crippen molar-refractivity contribution in [1.82, 2.24) is 4.98 Å². The monoisotopic (exact) mass is 526 g/mol. The van der Waals surface area contributed by atoms with Gasteiger partial charge in [-0.3, -0.25) is 14.5 Å². The van der Waals surface area contributed by atoms with Gasteiger partial charge in [-0.1, -0.05) is 55.5 Å². The average molecular weight is 527 g/mol. The molecular formula is C30H26N2O5S. The summed E-state index contributed by atoms with van der Waals surface area (Å²) in [7, 11) is 0. The summed E-state index contributed by atoms with van der Waals surface area (Å²) in [6, 6.07) is 17.8. The molecule has 0 radical (unpaired) electrons. The smallest absolute Gasteiger partial charge is 0.301 e. The van der Waals surface area contributed by atoms with Crippen molar-refractivity contribution in [2.45, 2.75) is 32.7 Å². The number of thiazole rings is 1. The average Bonchev–Trinajstić information content (AvgIpc) is 3.45. The van der Waals surface area contributed by atoms with Gasteiger partial charge >= 0.3 is 5.91 Å². The van der Waals surface area contributed by atoms with Crippen LogP contribution < -0.4 is 14.4 Å². The first kappa shape index (κ1) is 24.2. The van der Waals surface area contributed by atoms with Crippen molar-refractivity contribution in [2.24, 2.45) is 0 Å². The van der Waals surface area contributed by atoms with E-state index < -0.39 is 17.7 Å². The van der Waals surface area contributed by atoms with Crippen LogP contribution in [0.2, 0.25) is 0 Å². The molecule has 3 heterocycles. The molecular weight excluding hydrogens is 500 g/mol. The van der Waals surface area contributed by atoms with Crippen LogP contribution in [0.25, 0.3) is 16.0 Å². The fraction of sp³-hybridized carbons (Fsp3) is 0.233. The third-order valence-electron chi connectivity index (χ3n) is 6.92. The van der Waals surface area contributed by atoms with E-state index in [0.29, 0.717) is 46.9 Å². The predicted molar refractivity (Wildman–Crippen MR) is 147 cm³/mol. The number of hydrogen-bond donors (Lipinski definition) is 1. The Hall–Kier alpha value is -4.17. The van der Waals surface area contributed by atoms with Crippen LogP contribution in [0.15, 0.2) is 66.2 Å². The van der Waals surface area contributed by atoms with E-state index in [1.165, 1.54) is 16.2 Å². The number of rotatable bonds is 4. The Morgan fingerprint density at radius 1 is 1.00 bits per heavy atom. The number of anilines is 1. The molecule has 1 atom stereocenters. The van der Waals surface area contributed by atoms with Crippen molar-refractivity contribution in [3.05, 3.63) is 88.5 Å². The van der Waals surface area contributed by atoms with Gasteiger partial charge in [-0.25, -0.2) is 4.98 Å². The fourth-order valence-corrected chi connectivity index (χ4v) is 5.97. The number of ether oxygens (including phenoxy) is 2. The molecule has 0 spiro atoms. The van der Waals surface area contributed by atoms with E-state index in [1.807, 2.05) is 49.4 Å². The molecule has 0 aliphatic carbocycles. The molecule has 3 aromatic carbocycles. The molecule has 8 heteroatoms. The van der Waals surface area contributed by atoms with Crippen LogP contribution in [0.4, 0.5) is 5.13 Å². The number of Topliss-reactive ketones (excluding diaryl/α,β-unsaturated/α-hetero) is 1. The number of aliphatic hydroxyl groups excluding tert-OH is 1. The van der Waals surface area contributed by atoms with Crippen molar-refractivity contribution in [2.75, 3.05) is 18.1 Å². The largest absolute Gasteiger partial charge is 0.507 e. The Labute approximate surface area is 224 Å². The third-order valence-corrected chi connectivity index (χ3v) is 7.94. The van der Waals surface area contributed by atoms with Crippen molar-refractivity contribution in [3.63, 3.8) is 0 Å². The Bertz CT molecular complexity index is 1620. The summed E-state index contributed by atoms with van der Waals surface area (Å²) in [6.07, 6.45) is 0. The van der Waals surface area contributed by atoms with Crippen LogP contribution in [0.3, 0.4) is 0 Å². The molecule has 1 N–H and O–H groups in total. The maximum atomic E-state index is 13.5. The lowest BCUT2D eigenvalue weighted by Crippen LogP contribution is -2.29. The summed E-state index contributed by atoms with van der Waals surface area (Å²) in [4.78, 5) is 33.2. The van der Waals surface area contributed by atoms with Gasteiger partial charge in [0, 0.05) is 5.56 Å². The van der Waals surface area contributed by atoms with Gasteiger partial charge in [0.2, 0.25) is 0 Å². The number of nitrogens with zero attached hydrogens (tertiary/aromatic N) is 2. The van der Waals surface area contributed by atoms with E-state index in [9.17, 15) is 14.7 Å². The second-order valence-electron chi connectivity index (χ2n) is 9.82. The molecule has 6 rings (SSSR count). The Kier molecular flexibility index (Phi) is 5.91. The second kappa shape index (κ2) is 9.29. The summed E-state index contributed by atoms with van der Waals surface area (Å²) in [5.41, 5.74) is 4.05. The second-order valence-corrected chi connectivity index (χ2v) is 10.8. The molecule has 4 aromatic rings. The number of fused-ring (bicyclic) bond motifs is 2. The van der Waals surface area contributed by atoms with Gasteiger partial charge in [-0.15, -0.1) is 0 Å². The normalized spacial score (nSPS) is 18.5. The number of aryl methyl sites for hydroxylation is 1. The first-order valence-corrected chi connectivity index (χ1v) is 13.3. The highest BCUT2D eigenvalue weighted by atomic mass is 32.1. The standard InChI is InChI=1S/C30H26N2O5S/c1-16(2)18-5-7-19(8-6-18)26-25(27(33)20-9-11-22-23(15-20)37-13-12-36-22)28(34)29(35)32(26)30-31-21-10-4-17(3)14-24(21)38-30/h4-11,14-16,26,33H,12-13H2,1-3H3/b27-25-. The zero-order valence-corrected chi connectivity index (χ0v) is 22.0. The minimum atomic E-state index is -0.842. The third kappa shape index (κ3) is 4.01. The minimum absolute atomic E-state index is 0.0133. The molecule has 1 aromatic heterocycles. The number of ketones is 1. The summed E-state index contributed by atoms with van der Waals surface area (Å²) in [6.45, 7) is 7.03. The van der Waals surface area contributed by atoms with Gasteiger partial charge in [-0.2, -0.15) is 0 Å². The molecule has 1 unspecified atom stereocenters. The van der Waals surface area contributed by atoms with Gasteiger partial charge in [0.25, 0.3) is 5.78 Å². The summed E-state index contributed by atoms with van der Waals surface area (Å²) in [5, 5.41) is 11.9. The lowest BCUT2D eigenvalue weighted by atomic mass is 9.93. The SMILES string of the molecule is Cc1ccc2nc(N3C(=O)C(=O)/C(=C(\O)c4ccc5c(c4)OCCO5)C3c3ccc(C(C)C)cc3)sc2c1. The molecule has 2 aliphatic rings. The Balaban J connectivity index is 1.53. The molecule has 0 saturated carbocycles. The van der Waals surface area contributed by atoms with Crippen LogP contribution >= 0.6 is 11.3 Å². The van der Waals surface area contributed by atoms with E-state index in [2.05, 4.69) is 13.8 Å². The van der Waals surface area contributed by atoms with E-state index in [0.717, 1.165) is 21.3 Å². The lowest BCUT2D eigenvalue weighted by molar-refractivity contribution is -0.132. The maximum Gasteiger partial charge on any atom is 0.301 e. The van der Waals surface area contributed by atoms with Crippen molar-refractivity contribution in [3.8, 4) is 11.5 Å². The van der Waals surface area contributed by atoms with E-state index >= 15 is 0 Å². The molecule has 38 heavy (non-hydrogen) atoms. The number of benzene rings is 3. The molecule has 1 saturated heterocycles. The maximum absolute atomic E-state index is 13.5. The van der Waals surface area contributed by atoms with Gasteiger partial charge in [-0.05, 0) is 59.9 Å². The highest BCUT2D eigenvalue weighted by Gasteiger charge is 2.48. The predicted octanol–water partition coefficient (Wildman–Crippen LogP) is 6.13. The summed E-state index contributed by atoms with van der Waals surface area (Å²) >= 11 is 1.35. The molecule has 0 bridgehead atoms.